The Morgan fingerprint density at radius 1 is 1.39 bits per heavy atom. The van der Waals surface area contributed by atoms with Crippen LogP contribution in [0.1, 0.15) is 21.7 Å². The lowest BCUT2D eigenvalue weighted by Gasteiger charge is -2.08. The number of ether oxygens (including phenoxy) is 1. The number of carbonyl (C=O) groups is 1. The summed E-state index contributed by atoms with van der Waals surface area (Å²) in [7, 11) is 1.15. The molecule has 0 aliphatic heterocycles. The van der Waals surface area contributed by atoms with Crippen molar-refractivity contribution in [3.63, 3.8) is 0 Å². The van der Waals surface area contributed by atoms with Crippen molar-refractivity contribution in [3.8, 4) is 0 Å². The van der Waals surface area contributed by atoms with Gasteiger partial charge in [0.05, 0.1) is 12.6 Å². The summed E-state index contributed by atoms with van der Waals surface area (Å²) in [6.45, 7) is 1.52. The highest BCUT2D eigenvalue weighted by Gasteiger charge is 2.34. The molecule has 0 amide bonds. The Labute approximate surface area is 100.0 Å². The molecule has 0 radical (unpaired) electrons. The van der Waals surface area contributed by atoms with Crippen molar-refractivity contribution < 1.29 is 22.7 Å². The van der Waals surface area contributed by atoms with E-state index >= 15 is 0 Å². The monoisotopic (exact) mass is 258 g/mol. The molecule has 0 N–H and O–H groups in total. The first-order valence-corrected chi connectivity index (χ1v) is 5.00. The molecule has 18 heavy (non-hydrogen) atoms. The number of aromatic nitrogens is 2. The minimum Gasteiger partial charge on any atom is -0.464 e. The maximum atomic E-state index is 12.8. The van der Waals surface area contributed by atoms with Gasteiger partial charge < -0.3 is 4.74 Å². The van der Waals surface area contributed by atoms with Crippen molar-refractivity contribution in [2.75, 3.05) is 7.11 Å². The van der Waals surface area contributed by atoms with Gasteiger partial charge in [0.15, 0.2) is 5.69 Å². The molecule has 2 aromatic heterocycles. The summed E-state index contributed by atoms with van der Waals surface area (Å²) in [5.41, 5.74) is -0.467. The topological polar surface area (TPSA) is 43.6 Å². The minimum atomic E-state index is -4.54. The van der Waals surface area contributed by atoms with Gasteiger partial charge in [0, 0.05) is 5.56 Å². The molecule has 96 valence electrons. The molecule has 2 heterocycles. The third-order valence-electron chi connectivity index (χ3n) is 2.57. The van der Waals surface area contributed by atoms with E-state index in [2.05, 4.69) is 9.84 Å². The van der Waals surface area contributed by atoms with Crippen LogP contribution in [0.15, 0.2) is 18.2 Å². The zero-order valence-electron chi connectivity index (χ0n) is 9.58. The van der Waals surface area contributed by atoms with Crippen molar-refractivity contribution >= 4 is 11.5 Å². The van der Waals surface area contributed by atoms with Gasteiger partial charge in [0.25, 0.3) is 0 Å². The Hall–Kier alpha value is -2.05. The fraction of sp³-hybridized carbons (Fsp3) is 0.273. The standard InChI is InChI=1S/C11H9F3N2O2/c1-6-7-4-3-5-8(11(12,13)14)16(7)15-9(6)10(17)18-2/h3-5H,1-2H3. The van der Waals surface area contributed by atoms with Crippen LogP contribution in [0, 0.1) is 6.92 Å². The summed E-state index contributed by atoms with van der Waals surface area (Å²) < 4.78 is 43.5. The molecular formula is C11H9F3N2O2. The fourth-order valence-corrected chi connectivity index (χ4v) is 1.69. The number of esters is 1. The van der Waals surface area contributed by atoms with Crippen LogP contribution in [0.3, 0.4) is 0 Å². The van der Waals surface area contributed by atoms with Crippen molar-refractivity contribution in [3.05, 3.63) is 35.2 Å². The summed E-state index contributed by atoms with van der Waals surface area (Å²) in [4.78, 5) is 11.4. The Morgan fingerprint density at radius 3 is 2.61 bits per heavy atom. The lowest BCUT2D eigenvalue weighted by Crippen LogP contribution is -2.12. The summed E-state index contributed by atoms with van der Waals surface area (Å²) in [5.74, 6) is -0.760. The number of pyridine rings is 1. The molecule has 0 spiro atoms. The summed E-state index contributed by atoms with van der Waals surface area (Å²) in [5, 5.41) is 3.67. The second-order valence-electron chi connectivity index (χ2n) is 3.67. The third-order valence-corrected chi connectivity index (χ3v) is 2.57. The van der Waals surface area contributed by atoms with Gasteiger partial charge in [0.1, 0.15) is 5.69 Å². The van der Waals surface area contributed by atoms with Gasteiger partial charge in [-0.3, -0.25) is 0 Å². The van der Waals surface area contributed by atoms with E-state index in [9.17, 15) is 18.0 Å². The smallest absolute Gasteiger partial charge is 0.433 e. The van der Waals surface area contributed by atoms with E-state index in [4.69, 9.17) is 0 Å². The molecule has 0 saturated carbocycles. The van der Waals surface area contributed by atoms with E-state index < -0.39 is 17.8 Å². The van der Waals surface area contributed by atoms with Crippen molar-refractivity contribution in [1.82, 2.24) is 9.61 Å². The Morgan fingerprint density at radius 2 is 2.06 bits per heavy atom. The summed E-state index contributed by atoms with van der Waals surface area (Å²) in [6, 6.07) is 3.64. The van der Waals surface area contributed by atoms with E-state index in [-0.39, 0.29) is 11.2 Å². The number of hydrogen-bond acceptors (Lipinski definition) is 3. The van der Waals surface area contributed by atoms with Crippen LogP contribution in [0.25, 0.3) is 5.52 Å². The van der Waals surface area contributed by atoms with Gasteiger partial charge in [-0.05, 0) is 19.1 Å². The molecular weight excluding hydrogens is 249 g/mol. The van der Waals surface area contributed by atoms with E-state index in [0.29, 0.717) is 10.1 Å². The number of carbonyl (C=O) groups excluding carboxylic acids is 1. The zero-order valence-corrected chi connectivity index (χ0v) is 9.58. The van der Waals surface area contributed by atoms with Crippen molar-refractivity contribution in [2.24, 2.45) is 0 Å². The second-order valence-corrected chi connectivity index (χ2v) is 3.67. The Kier molecular flexibility index (Phi) is 2.76. The van der Waals surface area contributed by atoms with Gasteiger partial charge in [-0.2, -0.15) is 18.3 Å². The van der Waals surface area contributed by atoms with Gasteiger partial charge in [0.2, 0.25) is 0 Å². The molecule has 0 saturated heterocycles. The second kappa shape index (κ2) is 4.01. The van der Waals surface area contributed by atoms with Gasteiger partial charge >= 0.3 is 12.1 Å². The summed E-state index contributed by atoms with van der Waals surface area (Å²) >= 11 is 0. The number of fused-ring (bicyclic) bond motifs is 1. The maximum absolute atomic E-state index is 12.8. The minimum absolute atomic E-state index is 0.116. The lowest BCUT2D eigenvalue weighted by atomic mass is 10.2. The van der Waals surface area contributed by atoms with Gasteiger partial charge in [-0.1, -0.05) is 6.07 Å². The lowest BCUT2D eigenvalue weighted by molar-refractivity contribution is -0.142. The van der Waals surface area contributed by atoms with Crippen LogP contribution in [0.2, 0.25) is 0 Å². The van der Waals surface area contributed by atoms with Crippen LogP contribution < -0.4 is 0 Å². The van der Waals surface area contributed by atoms with E-state index in [1.807, 2.05) is 0 Å². The zero-order chi connectivity index (χ0) is 13.5. The normalized spacial score (nSPS) is 11.8. The number of rotatable bonds is 1. The first-order chi connectivity index (χ1) is 8.36. The van der Waals surface area contributed by atoms with Gasteiger partial charge in [-0.15, -0.1) is 0 Å². The largest absolute Gasteiger partial charge is 0.464 e. The molecule has 0 aliphatic carbocycles. The summed E-state index contributed by atoms with van der Waals surface area (Å²) in [6.07, 6.45) is -4.54. The average molecular weight is 258 g/mol. The fourth-order valence-electron chi connectivity index (χ4n) is 1.69. The number of nitrogens with zero attached hydrogens (tertiary/aromatic N) is 2. The highest BCUT2D eigenvalue weighted by atomic mass is 19.4. The molecule has 0 aromatic carbocycles. The number of halogens is 3. The van der Waals surface area contributed by atoms with Crippen LogP contribution in [0.4, 0.5) is 13.2 Å². The highest BCUT2D eigenvalue weighted by Crippen LogP contribution is 2.30. The quantitative estimate of drug-likeness (QED) is 0.738. The van der Waals surface area contributed by atoms with Crippen LogP contribution in [-0.2, 0) is 10.9 Å². The van der Waals surface area contributed by atoms with Crippen molar-refractivity contribution in [2.45, 2.75) is 13.1 Å². The van der Waals surface area contributed by atoms with E-state index in [1.165, 1.54) is 19.1 Å². The average Bonchev–Trinajstić information content (AvgIpc) is 2.65. The number of alkyl halides is 3. The molecule has 4 nitrogen and oxygen atoms in total. The first kappa shape index (κ1) is 12.4. The molecule has 7 heteroatoms. The Bertz CT molecular complexity index is 617. The number of aryl methyl sites for hydroxylation is 1. The number of hydrogen-bond donors (Lipinski definition) is 0. The predicted molar refractivity (Wildman–Crippen MR) is 56.3 cm³/mol. The predicted octanol–water partition coefficient (Wildman–Crippen LogP) is 2.45. The maximum Gasteiger partial charge on any atom is 0.433 e. The van der Waals surface area contributed by atoms with Crippen LogP contribution in [0.5, 0.6) is 0 Å². The number of methoxy groups -OCH3 is 1. The first-order valence-electron chi connectivity index (χ1n) is 5.00. The van der Waals surface area contributed by atoms with Crippen molar-refractivity contribution in [1.29, 1.82) is 0 Å². The van der Waals surface area contributed by atoms with Gasteiger partial charge in [-0.25, -0.2) is 9.31 Å². The molecule has 0 aliphatic rings. The van der Waals surface area contributed by atoms with E-state index in [1.54, 1.807) is 0 Å². The molecule has 2 rings (SSSR count). The molecule has 0 unspecified atom stereocenters. The third kappa shape index (κ3) is 1.81. The molecule has 2 aromatic rings. The molecule has 0 atom stereocenters. The Balaban J connectivity index is 2.76. The highest BCUT2D eigenvalue weighted by molar-refractivity contribution is 5.91. The SMILES string of the molecule is COC(=O)c1nn2c(C(F)(F)F)cccc2c1C. The molecule has 0 bridgehead atoms. The molecule has 0 fully saturated rings. The van der Waals surface area contributed by atoms with E-state index in [0.717, 1.165) is 13.2 Å². The van der Waals surface area contributed by atoms with Crippen LogP contribution >= 0.6 is 0 Å². The van der Waals surface area contributed by atoms with Crippen LogP contribution in [-0.4, -0.2) is 22.7 Å².